The number of ether oxygens (including phenoxy) is 1. The van der Waals surface area contributed by atoms with Crippen molar-refractivity contribution in [2.45, 2.75) is 27.3 Å². The van der Waals surface area contributed by atoms with Gasteiger partial charge in [0.25, 0.3) is 0 Å². The molecule has 0 aliphatic rings. The maximum absolute atomic E-state index is 13.4. The molecule has 0 saturated heterocycles. The Morgan fingerprint density at radius 3 is 2.46 bits per heavy atom. The molecule has 1 heterocycles. The quantitative estimate of drug-likeness (QED) is 0.595. The Morgan fingerprint density at radius 1 is 1.17 bits per heavy atom. The van der Waals surface area contributed by atoms with Gasteiger partial charge in [0.05, 0.1) is 6.61 Å². The van der Waals surface area contributed by atoms with Crippen LogP contribution in [0, 0.1) is 17.6 Å². The number of hydrogen-bond donors (Lipinski definition) is 0. The summed E-state index contributed by atoms with van der Waals surface area (Å²) in [5.41, 5.74) is 1.06. The molecule has 2 rings (SSSR count). The third kappa shape index (κ3) is 3.88. The predicted molar refractivity (Wildman–Crippen MR) is 85.0 cm³/mol. The van der Waals surface area contributed by atoms with Gasteiger partial charge in [0.15, 0.2) is 17.4 Å². The molecule has 0 saturated carbocycles. The first-order valence-electron chi connectivity index (χ1n) is 7.69. The van der Waals surface area contributed by atoms with Crippen LogP contribution in [0.4, 0.5) is 8.78 Å². The van der Waals surface area contributed by atoms with Gasteiger partial charge in [-0.1, -0.05) is 19.9 Å². The van der Waals surface area contributed by atoms with E-state index in [0.29, 0.717) is 11.1 Å². The second kappa shape index (κ2) is 7.38. The number of rotatable bonds is 6. The van der Waals surface area contributed by atoms with Crippen LogP contribution in [0.3, 0.4) is 0 Å². The van der Waals surface area contributed by atoms with Crippen LogP contribution in [0.5, 0.6) is 0 Å². The van der Waals surface area contributed by atoms with Gasteiger partial charge in [-0.3, -0.25) is 4.79 Å². The lowest BCUT2D eigenvalue weighted by Crippen LogP contribution is -2.12. The summed E-state index contributed by atoms with van der Waals surface area (Å²) in [6.07, 6.45) is 1.54. The van der Waals surface area contributed by atoms with Crippen molar-refractivity contribution in [2.24, 2.45) is 5.92 Å². The maximum atomic E-state index is 13.4. The number of ketones is 1. The van der Waals surface area contributed by atoms with Crippen LogP contribution in [0.25, 0.3) is 0 Å². The summed E-state index contributed by atoms with van der Waals surface area (Å²) in [4.78, 5) is 24.3. The molecular formula is C18H19F2NO3. The fourth-order valence-corrected chi connectivity index (χ4v) is 2.32. The first-order valence-corrected chi connectivity index (χ1v) is 7.69. The van der Waals surface area contributed by atoms with E-state index in [4.69, 9.17) is 4.74 Å². The van der Waals surface area contributed by atoms with Crippen molar-refractivity contribution in [3.8, 4) is 0 Å². The Morgan fingerprint density at radius 2 is 1.88 bits per heavy atom. The van der Waals surface area contributed by atoms with Crippen molar-refractivity contribution in [3.05, 3.63) is 58.9 Å². The van der Waals surface area contributed by atoms with E-state index in [9.17, 15) is 18.4 Å². The molecule has 0 unspecified atom stereocenters. The normalized spacial score (nSPS) is 10.9. The summed E-state index contributed by atoms with van der Waals surface area (Å²) in [5.74, 6) is -2.80. The van der Waals surface area contributed by atoms with E-state index in [0.717, 1.165) is 12.1 Å². The van der Waals surface area contributed by atoms with Gasteiger partial charge < -0.3 is 9.30 Å². The molecular weight excluding hydrogens is 316 g/mol. The van der Waals surface area contributed by atoms with E-state index in [-0.39, 0.29) is 30.5 Å². The van der Waals surface area contributed by atoms with Gasteiger partial charge in [0.2, 0.25) is 0 Å². The van der Waals surface area contributed by atoms with E-state index >= 15 is 0 Å². The lowest BCUT2D eigenvalue weighted by molar-refractivity contribution is 0.0514. The van der Waals surface area contributed by atoms with Crippen LogP contribution in [-0.4, -0.2) is 22.9 Å². The molecule has 4 nitrogen and oxygen atoms in total. The van der Waals surface area contributed by atoms with Gasteiger partial charge in [-0.25, -0.2) is 13.6 Å². The van der Waals surface area contributed by atoms with Crippen molar-refractivity contribution < 1.29 is 23.1 Å². The number of benzene rings is 1. The summed E-state index contributed by atoms with van der Waals surface area (Å²) in [6, 6.07) is 4.99. The zero-order valence-corrected chi connectivity index (χ0v) is 13.8. The second-order valence-electron chi connectivity index (χ2n) is 5.73. The zero-order chi connectivity index (χ0) is 17.9. The molecule has 0 radical (unpaired) electrons. The average Bonchev–Trinajstić information content (AvgIpc) is 2.94. The summed E-state index contributed by atoms with van der Waals surface area (Å²) >= 11 is 0. The fraction of sp³-hybridized carbons (Fsp3) is 0.333. The SMILES string of the molecule is CCOC(=O)c1cc(C(=O)C(C)C)cn1Cc1ccc(F)c(F)c1. The Hall–Kier alpha value is -2.50. The predicted octanol–water partition coefficient (Wildman–Crippen LogP) is 3.83. The molecule has 128 valence electrons. The molecule has 0 spiro atoms. The topological polar surface area (TPSA) is 48.3 Å². The molecule has 1 aromatic heterocycles. The van der Waals surface area contributed by atoms with E-state index in [1.807, 2.05) is 0 Å². The van der Waals surface area contributed by atoms with Gasteiger partial charge in [-0.05, 0) is 30.7 Å². The summed E-state index contributed by atoms with van der Waals surface area (Å²) in [5, 5.41) is 0. The number of halogens is 2. The number of carbonyl (C=O) groups is 2. The first-order chi connectivity index (χ1) is 11.3. The van der Waals surface area contributed by atoms with Crippen LogP contribution in [0.15, 0.2) is 30.5 Å². The second-order valence-corrected chi connectivity index (χ2v) is 5.73. The van der Waals surface area contributed by atoms with Gasteiger partial charge in [0, 0.05) is 24.2 Å². The Labute approximate surface area is 139 Å². The smallest absolute Gasteiger partial charge is 0.354 e. The standard InChI is InChI=1S/C18H19F2NO3/c1-4-24-18(23)16-8-13(17(22)11(2)3)10-21(16)9-12-5-6-14(19)15(20)7-12/h5-8,10-11H,4,9H2,1-3H3. The number of hydrogen-bond acceptors (Lipinski definition) is 3. The number of Topliss-reactive ketones (excluding diaryl/α,β-unsaturated/α-hetero) is 1. The van der Waals surface area contributed by atoms with Crippen molar-refractivity contribution in [1.82, 2.24) is 4.57 Å². The average molecular weight is 335 g/mol. The van der Waals surface area contributed by atoms with E-state index in [1.165, 1.54) is 22.9 Å². The monoisotopic (exact) mass is 335 g/mol. The third-order valence-electron chi connectivity index (χ3n) is 3.53. The highest BCUT2D eigenvalue weighted by Gasteiger charge is 2.20. The lowest BCUT2D eigenvalue weighted by atomic mass is 10.0. The van der Waals surface area contributed by atoms with Crippen molar-refractivity contribution in [1.29, 1.82) is 0 Å². The minimum absolute atomic E-state index is 0.107. The third-order valence-corrected chi connectivity index (χ3v) is 3.53. The van der Waals surface area contributed by atoms with Crippen molar-refractivity contribution in [3.63, 3.8) is 0 Å². The highest BCUT2D eigenvalue weighted by molar-refractivity contribution is 6.00. The fourth-order valence-electron chi connectivity index (χ4n) is 2.32. The zero-order valence-electron chi connectivity index (χ0n) is 13.8. The molecule has 0 bridgehead atoms. The summed E-state index contributed by atoms with van der Waals surface area (Å²) in [7, 11) is 0. The number of aromatic nitrogens is 1. The largest absolute Gasteiger partial charge is 0.461 e. The van der Waals surface area contributed by atoms with Gasteiger partial charge in [0.1, 0.15) is 5.69 Å². The molecule has 0 aliphatic carbocycles. The molecule has 0 fully saturated rings. The van der Waals surface area contributed by atoms with Crippen molar-refractivity contribution >= 4 is 11.8 Å². The van der Waals surface area contributed by atoms with Gasteiger partial charge >= 0.3 is 5.97 Å². The molecule has 24 heavy (non-hydrogen) atoms. The highest BCUT2D eigenvalue weighted by Crippen LogP contribution is 2.18. The van der Waals surface area contributed by atoms with Crippen LogP contribution in [-0.2, 0) is 11.3 Å². The van der Waals surface area contributed by atoms with Crippen LogP contribution in [0.2, 0.25) is 0 Å². The minimum atomic E-state index is -0.962. The first kappa shape index (κ1) is 17.8. The van der Waals surface area contributed by atoms with Gasteiger partial charge in [-0.15, -0.1) is 0 Å². The highest BCUT2D eigenvalue weighted by atomic mass is 19.2. The van der Waals surface area contributed by atoms with Crippen molar-refractivity contribution in [2.75, 3.05) is 6.61 Å². The van der Waals surface area contributed by atoms with Crippen LogP contribution >= 0.6 is 0 Å². The Balaban J connectivity index is 2.40. The minimum Gasteiger partial charge on any atom is -0.461 e. The Kier molecular flexibility index (Phi) is 5.49. The van der Waals surface area contributed by atoms with E-state index < -0.39 is 17.6 Å². The van der Waals surface area contributed by atoms with E-state index in [2.05, 4.69) is 0 Å². The van der Waals surface area contributed by atoms with Crippen LogP contribution in [0.1, 0.15) is 47.2 Å². The molecule has 0 atom stereocenters. The number of esters is 1. The molecule has 0 amide bonds. The molecule has 2 aromatic rings. The maximum Gasteiger partial charge on any atom is 0.354 e. The van der Waals surface area contributed by atoms with E-state index in [1.54, 1.807) is 20.8 Å². The van der Waals surface area contributed by atoms with Crippen LogP contribution < -0.4 is 0 Å². The Bertz CT molecular complexity index is 766. The molecule has 0 N–H and O–H groups in total. The van der Waals surface area contributed by atoms with Gasteiger partial charge in [-0.2, -0.15) is 0 Å². The number of carbonyl (C=O) groups excluding carboxylic acids is 2. The lowest BCUT2D eigenvalue weighted by Gasteiger charge is -2.09. The summed E-state index contributed by atoms with van der Waals surface area (Å²) in [6.45, 7) is 5.53. The molecule has 6 heteroatoms. The molecule has 0 aliphatic heterocycles. The molecule has 1 aromatic carbocycles. The summed E-state index contributed by atoms with van der Waals surface area (Å²) < 4.78 is 32.9. The number of nitrogens with zero attached hydrogens (tertiary/aromatic N) is 1.